The number of fused-ring (bicyclic) bond motifs is 7. The summed E-state index contributed by atoms with van der Waals surface area (Å²) in [6, 6.07) is 67.3. The van der Waals surface area contributed by atoms with Gasteiger partial charge in [0, 0.05) is 0 Å². The van der Waals surface area contributed by atoms with E-state index in [0.717, 1.165) is 0 Å². The summed E-state index contributed by atoms with van der Waals surface area (Å²) in [5, 5.41) is 15.2. The van der Waals surface area contributed by atoms with E-state index in [2.05, 4.69) is 182 Å². The van der Waals surface area contributed by atoms with E-state index >= 15 is 0 Å². The predicted molar refractivity (Wildman–Crippen MR) is 208 cm³/mol. The molecule has 0 heteroatoms. The quantitative estimate of drug-likeness (QED) is 0.139. The van der Waals surface area contributed by atoms with Crippen LogP contribution in [0.25, 0.3) is 98.0 Å². The third-order valence-electron chi connectivity index (χ3n) is 10.2. The van der Waals surface area contributed by atoms with Crippen LogP contribution in [0, 0.1) is 0 Å². The van der Waals surface area contributed by atoms with E-state index in [4.69, 9.17) is 0 Å². The SMILES string of the molecule is c1ccc2cc(-c3cccc4c(-c5ccc6c(ccc7ccccc76)c5)c5c(-c6cccc7ccccc67)cccc5cc34)ccc2c1. The first-order valence-electron chi connectivity index (χ1n) is 16.7. The molecule has 10 rings (SSSR count). The van der Waals surface area contributed by atoms with Gasteiger partial charge < -0.3 is 0 Å². The Labute approximate surface area is 279 Å². The molecular weight excluding hydrogens is 577 g/mol. The van der Waals surface area contributed by atoms with E-state index in [9.17, 15) is 0 Å². The summed E-state index contributed by atoms with van der Waals surface area (Å²) in [4.78, 5) is 0. The van der Waals surface area contributed by atoms with Gasteiger partial charge in [-0.15, -0.1) is 0 Å². The summed E-state index contributed by atoms with van der Waals surface area (Å²) in [6.07, 6.45) is 0. The van der Waals surface area contributed by atoms with Crippen molar-refractivity contribution < 1.29 is 0 Å². The maximum atomic E-state index is 2.42. The van der Waals surface area contributed by atoms with Crippen LogP contribution in [0.3, 0.4) is 0 Å². The van der Waals surface area contributed by atoms with Crippen molar-refractivity contribution in [3.8, 4) is 33.4 Å². The normalized spacial score (nSPS) is 11.8. The molecule has 0 unspecified atom stereocenters. The Morgan fingerprint density at radius 3 is 1.65 bits per heavy atom. The van der Waals surface area contributed by atoms with E-state index in [1.807, 2.05) is 0 Å². The van der Waals surface area contributed by atoms with Gasteiger partial charge in [0.25, 0.3) is 0 Å². The lowest BCUT2D eigenvalue weighted by Crippen LogP contribution is -1.92. The van der Waals surface area contributed by atoms with Gasteiger partial charge in [-0.2, -0.15) is 0 Å². The average molecular weight is 607 g/mol. The third kappa shape index (κ3) is 4.16. The van der Waals surface area contributed by atoms with Gasteiger partial charge in [0.2, 0.25) is 0 Å². The summed E-state index contributed by atoms with van der Waals surface area (Å²) in [6.45, 7) is 0. The Kier molecular flexibility index (Phi) is 5.98. The standard InChI is InChI=1S/C48H30/c1-2-13-34-28-35(24-22-31(34)10-1)41-18-9-21-45-46(41)30-37-15-8-20-44(43-19-7-14-32-11-3-6-17-40(32)43)47(37)48(45)38-26-27-42-36(29-38)25-23-33-12-4-5-16-39(33)42/h1-30H. The molecule has 0 radical (unpaired) electrons. The highest BCUT2D eigenvalue weighted by Gasteiger charge is 2.18. The lowest BCUT2D eigenvalue weighted by molar-refractivity contribution is 1.66. The molecule has 222 valence electrons. The molecule has 0 heterocycles. The van der Waals surface area contributed by atoms with Crippen LogP contribution in [0.2, 0.25) is 0 Å². The minimum absolute atomic E-state index is 1.23. The Hall–Kier alpha value is -6.24. The summed E-state index contributed by atoms with van der Waals surface area (Å²) < 4.78 is 0. The van der Waals surface area contributed by atoms with Crippen LogP contribution in [-0.4, -0.2) is 0 Å². The second-order valence-corrected chi connectivity index (χ2v) is 12.9. The fourth-order valence-corrected chi connectivity index (χ4v) is 7.96. The molecule has 0 nitrogen and oxygen atoms in total. The zero-order valence-corrected chi connectivity index (χ0v) is 26.3. The van der Waals surface area contributed by atoms with Crippen LogP contribution in [0.15, 0.2) is 182 Å². The maximum Gasteiger partial charge on any atom is -0.00201 e. The number of hydrogen-bond acceptors (Lipinski definition) is 0. The molecule has 0 N–H and O–H groups in total. The molecule has 0 aliphatic rings. The zero-order chi connectivity index (χ0) is 31.6. The van der Waals surface area contributed by atoms with Crippen molar-refractivity contribution in [1.82, 2.24) is 0 Å². The van der Waals surface area contributed by atoms with Crippen molar-refractivity contribution in [2.75, 3.05) is 0 Å². The van der Waals surface area contributed by atoms with Crippen LogP contribution in [0.5, 0.6) is 0 Å². The summed E-state index contributed by atoms with van der Waals surface area (Å²) in [5.74, 6) is 0. The minimum Gasteiger partial charge on any atom is -0.0616 e. The van der Waals surface area contributed by atoms with Gasteiger partial charge in [0.05, 0.1) is 0 Å². The predicted octanol–water partition coefficient (Wildman–Crippen LogP) is 13.6. The molecule has 0 saturated heterocycles. The minimum atomic E-state index is 1.23. The van der Waals surface area contributed by atoms with Gasteiger partial charge in [0.15, 0.2) is 0 Å². The Bertz CT molecular complexity index is 2890. The largest absolute Gasteiger partial charge is 0.0616 e. The van der Waals surface area contributed by atoms with Crippen LogP contribution in [0.4, 0.5) is 0 Å². The molecule has 0 aliphatic carbocycles. The summed E-state index contributed by atoms with van der Waals surface area (Å²) >= 11 is 0. The zero-order valence-electron chi connectivity index (χ0n) is 26.3. The number of hydrogen-bond donors (Lipinski definition) is 0. The third-order valence-corrected chi connectivity index (χ3v) is 10.2. The molecule has 10 aromatic carbocycles. The highest BCUT2D eigenvalue weighted by Crippen LogP contribution is 2.46. The first-order valence-corrected chi connectivity index (χ1v) is 16.7. The van der Waals surface area contributed by atoms with Crippen LogP contribution < -0.4 is 0 Å². The van der Waals surface area contributed by atoms with Gasteiger partial charge in [-0.3, -0.25) is 0 Å². The topological polar surface area (TPSA) is 0 Å². The fraction of sp³-hybridized carbons (Fsp3) is 0. The smallest absolute Gasteiger partial charge is 0.00201 e. The first-order chi connectivity index (χ1) is 23.8. The second-order valence-electron chi connectivity index (χ2n) is 12.9. The van der Waals surface area contributed by atoms with E-state index in [1.165, 1.54) is 98.0 Å². The molecule has 0 spiro atoms. The van der Waals surface area contributed by atoms with Crippen molar-refractivity contribution >= 4 is 64.6 Å². The fourth-order valence-electron chi connectivity index (χ4n) is 7.96. The van der Waals surface area contributed by atoms with E-state index in [1.54, 1.807) is 0 Å². The molecule has 10 aromatic rings. The van der Waals surface area contributed by atoms with Crippen molar-refractivity contribution in [3.05, 3.63) is 182 Å². The van der Waals surface area contributed by atoms with Crippen LogP contribution >= 0.6 is 0 Å². The van der Waals surface area contributed by atoms with Crippen molar-refractivity contribution in [1.29, 1.82) is 0 Å². The van der Waals surface area contributed by atoms with E-state index in [-0.39, 0.29) is 0 Å². The number of benzene rings is 10. The summed E-state index contributed by atoms with van der Waals surface area (Å²) in [7, 11) is 0. The average Bonchev–Trinajstić information content (AvgIpc) is 3.16. The van der Waals surface area contributed by atoms with Crippen molar-refractivity contribution in [3.63, 3.8) is 0 Å². The van der Waals surface area contributed by atoms with Gasteiger partial charge in [-0.1, -0.05) is 164 Å². The maximum absolute atomic E-state index is 2.42. The highest BCUT2D eigenvalue weighted by molar-refractivity contribution is 6.22. The van der Waals surface area contributed by atoms with Crippen molar-refractivity contribution in [2.24, 2.45) is 0 Å². The van der Waals surface area contributed by atoms with Crippen molar-refractivity contribution in [2.45, 2.75) is 0 Å². The molecule has 0 bridgehead atoms. The Morgan fingerprint density at radius 1 is 0.229 bits per heavy atom. The Balaban J connectivity index is 1.33. The number of rotatable bonds is 3. The molecule has 0 aliphatic heterocycles. The second kappa shape index (κ2) is 10.7. The molecule has 0 fully saturated rings. The molecule has 0 amide bonds. The van der Waals surface area contributed by atoms with Gasteiger partial charge in [0.1, 0.15) is 0 Å². The van der Waals surface area contributed by atoms with Crippen LogP contribution in [0.1, 0.15) is 0 Å². The molecule has 0 saturated carbocycles. The van der Waals surface area contributed by atoms with E-state index < -0.39 is 0 Å². The molecule has 48 heavy (non-hydrogen) atoms. The van der Waals surface area contributed by atoms with Gasteiger partial charge in [-0.05, 0) is 116 Å². The Morgan fingerprint density at radius 2 is 0.771 bits per heavy atom. The lowest BCUT2D eigenvalue weighted by Gasteiger charge is -2.19. The first kappa shape index (κ1) is 26.9. The van der Waals surface area contributed by atoms with Gasteiger partial charge >= 0.3 is 0 Å². The van der Waals surface area contributed by atoms with Gasteiger partial charge in [-0.25, -0.2) is 0 Å². The molecular formula is C48H30. The highest BCUT2D eigenvalue weighted by atomic mass is 14.2. The lowest BCUT2D eigenvalue weighted by atomic mass is 9.84. The van der Waals surface area contributed by atoms with Crippen LogP contribution in [-0.2, 0) is 0 Å². The van der Waals surface area contributed by atoms with E-state index in [0.29, 0.717) is 0 Å². The summed E-state index contributed by atoms with van der Waals surface area (Å²) in [5.41, 5.74) is 7.52. The molecule has 0 aromatic heterocycles. The molecule has 0 atom stereocenters. The monoisotopic (exact) mass is 606 g/mol.